The molecule has 2 aromatic heterocycles. The van der Waals surface area contributed by atoms with Gasteiger partial charge in [-0.25, -0.2) is 14.8 Å². The maximum absolute atomic E-state index is 10.8. The zero-order valence-corrected chi connectivity index (χ0v) is 9.43. The minimum absolute atomic E-state index is 0.0813. The number of aromatic nitrogens is 3. The summed E-state index contributed by atoms with van der Waals surface area (Å²) in [7, 11) is 0. The Balaban J connectivity index is 2.45. The minimum Gasteiger partial charge on any atom is -0.477 e. The van der Waals surface area contributed by atoms with E-state index in [-0.39, 0.29) is 11.6 Å². The van der Waals surface area contributed by atoms with E-state index in [1.54, 1.807) is 25.5 Å². The standard InChI is InChI=1S/C11H9N5O2/c1-6-3-14-11(15-5-12)16-9(6)7-2-8(10(17)18)13-4-7/h2-4,13H,1H3,(H,17,18)(H,14,15,16). The molecule has 0 aliphatic rings. The van der Waals surface area contributed by atoms with Crippen molar-refractivity contribution < 1.29 is 9.90 Å². The third-order valence-electron chi connectivity index (χ3n) is 2.33. The van der Waals surface area contributed by atoms with Crippen LogP contribution in [0.4, 0.5) is 5.95 Å². The van der Waals surface area contributed by atoms with E-state index in [9.17, 15) is 4.79 Å². The fraction of sp³-hybridized carbons (Fsp3) is 0.0909. The lowest BCUT2D eigenvalue weighted by Crippen LogP contribution is -1.98. The number of H-pyrrole nitrogens is 1. The number of carboxylic acid groups (broad SMARTS) is 1. The summed E-state index contributed by atoms with van der Waals surface area (Å²) in [5.74, 6) is -0.862. The smallest absolute Gasteiger partial charge is 0.352 e. The van der Waals surface area contributed by atoms with Gasteiger partial charge in [-0.3, -0.25) is 5.32 Å². The quantitative estimate of drug-likeness (QED) is 0.554. The van der Waals surface area contributed by atoms with E-state index in [1.165, 1.54) is 6.07 Å². The van der Waals surface area contributed by atoms with Crippen LogP contribution in [0.3, 0.4) is 0 Å². The molecule has 7 nitrogen and oxygen atoms in total. The summed E-state index contributed by atoms with van der Waals surface area (Å²) >= 11 is 0. The summed E-state index contributed by atoms with van der Waals surface area (Å²) in [6.07, 6.45) is 4.84. The van der Waals surface area contributed by atoms with Crippen LogP contribution in [0.15, 0.2) is 18.5 Å². The molecule has 0 aliphatic heterocycles. The lowest BCUT2D eigenvalue weighted by molar-refractivity contribution is 0.0691. The van der Waals surface area contributed by atoms with E-state index in [0.29, 0.717) is 11.3 Å². The highest BCUT2D eigenvalue weighted by Crippen LogP contribution is 2.22. The van der Waals surface area contributed by atoms with Gasteiger partial charge in [-0.1, -0.05) is 0 Å². The van der Waals surface area contributed by atoms with Gasteiger partial charge in [0.2, 0.25) is 5.95 Å². The number of hydrogen-bond acceptors (Lipinski definition) is 5. The molecule has 2 rings (SSSR count). The van der Waals surface area contributed by atoms with Gasteiger partial charge in [0.05, 0.1) is 5.69 Å². The molecule has 0 radical (unpaired) electrons. The molecule has 0 saturated heterocycles. The molecule has 0 saturated carbocycles. The van der Waals surface area contributed by atoms with E-state index in [2.05, 4.69) is 20.3 Å². The zero-order valence-electron chi connectivity index (χ0n) is 9.43. The highest BCUT2D eigenvalue weighted by Gasteiger charge is 2.11. The Morgan fingerprint density at radius 2 is 2.39 bits per heavy atom. The molecular weight excluding hydrogens is 234 g/mol. The largest absolute Gasteiger partial charge is 0.477 e. The molecule has 0 amide bonds. The number of nitriles is 1. The average molecular weight is 243 g/mol. The number of nitrogens with zero attached hydrogens (tertiary/aromatic N) is 3. The second-order valence-corrected chi connectivity index (χ2v) is 3.57. The summed E-state index contributed by atoms with van der Waals surface area (Å²) in [6.45, 7) is 1.80. The van der Waals surface area contributed by atoms with Gasteiger partial charge in [0.1, 0.15) is 5.69 Å². The maximum Gasteiger partial charge on any atom is 0.352 e. The third kappa shape index (κ3) is 2.12. The molecule has 0 spiro atoms. The lowest BCUT2D eigenvalue weighted by atomic mass is 10.1. The molecule has 7 heteroatoms. The zero-order chi connectivity index (χ0) is 13.1. The van der Waals surface area contributed by atoms with E-state index < -0.39 is 5.97 Å². The van der Waals surface area contributed by atoms with Gasteiger partial charge in [-0.15, -0.1) is 0 Å². The topological polar surface area (TPSA) is 115 Å². The van der Waals surface area contributed by atoms with Crippen LogP contribution in [0.25, 0.3) is 11.3 Å². The molecule has 0 bridgehead atoms. The molecule has 18 heavy (non-hydrogen) atoms. The van der Waals surface area contributed by atoms with Crippen molar-refractivity contribution in [3.05, 3.63) is 29.7 Å². The number of rotatable bonds is 3. The van der Waals surface area contributed by atoms with Gasteiger partial charge < -0.3 is 10.1 Å². The summed E-state index contributed by atoms with van der Waals surface area (Å²) in [5, 5.41) is 19.7. The Labute approximate surface area is 102 Å². The molecule has 0 unspecified atom stereocenters. The van der Waals surface area contributed by atoms with Gasteiger partial charge in [-0.05, 0) is 18.6 Å². The van der Waals surface area contributed by atoms with Crippen LogP contribution in [-0.4, -0.2) is 26.0 Å². The summed E-state index contributed by atoms with van der Waals surface area (Å²) < 4.78 is 0. The summed E-state index contributed by atoms with van der Waals surface area (Å²) in [6, 6.07) is 1.48. The van der Waals surface area contributed by atoms with Crippen LogP contribution in [0.5, 0.6) is 0 Å². The number of aromatic carboxylic acids is 1. The molecule has 0 aliphatic carbocycles. The molecule has 0 aromatic carbocycles. The lowest BCUT2D eigenvalue weighted by Gasteiger charge is -2.03. The van der Waals surface area contributed by atoms with Gasteiger partial charge in [0.15, 0.2) is 6.19 Å². The minimum atomic E-state index is -1.04. The number of aryl methyl sites for hydroxylation is 1. The number of carbonyl (C=O) groups is 1. The summed E-state index contributed by atoms with van der Waals surface area (Å²) in [4.78, 5) is 21.5. The highest BCUT2D eigenvalue weighted by atomic mass is 16.4. The summed E-state index contributed by atoms with van der Waals surface area (Å²) in [5.41, 5.74) is 2.08. The second-order valence-electron chi connectivity index (χ2n) is 3.57. The number of aromatic amines is 1. The second kappa shape index (κ2) is 4.55. The Morgan fingerprint density at radius 1 is 1.61 bits per heavy atom. The maximum atomic E-state index is 10.8. The Morgan fingerprint density at radius 3 is 3.00 bits per heavy atom. The van der Waals surface area contributed by atoms with Crippen molar-refractivity contribution >= 4 is 11.9 Å². The molecule has 3 N–H and O–H groups in total. The van der Waals surface area contributed by atoms with Crippen molar-refractivity contribution in [3.8, 4) is 17.5 Å². The van der Waals surface area contributed by atoms with E-state index in [1.807, 2.05) is 0 Å². The van der Waals surface area contributed by atoms with Crippen molar-refractivity contribution in [1.82, 2.24) is 15.0 Å². The van der Waals surface area contributed by atoms with Crippen LogP contribution in [0, 0.1) is 18.4 Å². The molecule has 0 fully saturated rings. The van der Waals surface area contributed by atoms with E-state index >= 15 is 0 Å². The van der Waals surface area contributed by atoms with Gasteiger partial charge in [-0.2, -0.15) is 5.26 Å². The normalized spacial score (nSPS) is 9.78. The van der Waals surface area contributed by atoms with Crippen LogP contribution in [-0.2, 0) is 0 Å². The molecular formula is C11H9N5O2. The Kier molecular flexibility index (Phi) is 2.93. The van der Waals surface area contributed by atoms with Crippen LogP contribution >= 0.6 is 0 Å². The monoisotopic (exact) mass is 243 g/mol. The fourth-order valence-electron chi connectivity index (χ4n) is 1.50. The van der Waals surface area contributed by atoms with E-state index in [4.69, 9.17) is 10.4 Å². The van der Waals surface area contributed by atoms with Gasteiger partial charge in [0.25, 0.3) is 0 Å². The average Bonchev–Trinajstić information content (AvgIpc) is 2.81. The van der Waals surface area contributed by atoms with Crippen molar-refractivity contribution in [1.29, 1.82) is 5.26 Å². The molecule has 2 aromatic rings. The highest BCUT2D eigenvalue weighted by molar-refractivity contribution is 5.87. The Bertz CT molecular complexity index is 641. The number of anilines is 1. The number of nitrogens with one attached hydrogen (secondary N) is 2. The first kappa shape index (κ1) is 11.6. The van der Waals surface area contributed by atoms with Crippen LogP contribution < -0.4 is 5.32 Å². The predicted molar refractivity (Wildman–Crippen MR) is 62.8 cm³/mol. The SMILES string of the molecule is Cc1cnc(NC#N)nc1-c1c[nH]c(C(=O)O)c1. The number of carboxylic acids is 1. The fourth-order valence-corrected chi connectivity index (χ4v) is 1.50. The van der Waals surface area contributed by atoms with Crippen molar-refractivity contribution in [2.24, 2.45) is 0 Å². The third-order valence-corrected chi connectivity index (χ3v) is 2.33. The molecule has 90 valence electrons. The molecule has 0 atom stereocenters. The first-order chi connectivity index (χ1) is 8.61. The number of hydrogen-bond donors (Lipinski definition) is 3. The first-order valence-corrected chi connectivity index (χ1v) is 5.02. The molecule has 2 heterocycles. The van der Waals surface area contributed by atoms with Gasteiger partial charge >= 0.3 is 5.97 Å². The van der Waals surface area contributed by atoms with Crippen molar-refractivity contribution in [2.75, 3.05) is 5.32 Å². The predicted octanol–water partition coefficient (Wildman–Crippen LogP) is 1.37. The van der Waals surface area contributed by atoms with Gasteiger partial charge in [0, 0.05) is 18.0 Å². The van der Waals surface area contributed by atoms with E-state index in [0.717, 1.165) is 5.56 Å². The van der Waals surface area contributed by atoms with Crippen LogP contribution in [0.1, 0.15) is 16.1 Å². The van der Waals surface area contributed by atoms with Crippen molar-refractivity contribution in [2.45, 2.75) is 6.92 Å². The first-order valence-electron chi connectivity index (χ1n) is 5.02. The Hall–Kier alpha value is -2.88. The van der Waals surface area contributed by atoms with Crippen LogP contribution in [0.2, 0.25) is 0 Å². The van der Waals surface area contributed by atoms with Crippen molar-refractivity contribution in [3.63, 3.8) is 0 Å².